The van der Waals surface area contributed by atoms with Crippen molar-refractivity contribution in [3.63, 3.8) is 0 Å². The van der Waals surface area contributed by atoms with Crippen LogP contribution in [0.5, 0.6) is 0 Å². The zero-order valence-corrected chi connectivity index (χ0v) is 6.86. The van der Waals surface area contributed by atoms with Crippen molar-refractivity contribution in [3.8, 4) is 0 Å². The molecule has 5 heteroatoms. The summed E-state index contributed by atoms with van der Waals surface area (Å²) < 4.78 is 4.71. The van der Waals surface area contributed by atoms with E-state index in [9.17, 15) is 14.9 Å². The van der Waals surface area contributed by atoms with Crippen LogP contribution in [0.25, 0.3) is 0 Å². The van der Waals surface area contributed by atoms with Crippen LogP contribution in [0.2, 0.25) is 0 Å². The molecule has 2 atom stereocenters. The second kappa shape index (κ2) is 3.51. The fourth-order valence-corrected chi connectivity index (χ4v) is 1.39. The highest BCUT2D eigenvalue weighted by Crippen LogP contribution is 2.22. The Morgan fingerprint density at radius 3 is 2.92 bits per heavy atom. The van der Waals surface area contributed by atoms with Crippen molar-refractivity contribution in [2.45, 2.75) is 13.3 Å². The van der Waals surface area contributed by atoms with Gasteiger partial charge in [0.2, 0.25) is 6.54 Å². The molecule has 0 bridgehead atoms. The minimum absolute atomic E-state index is 0.153. The number of rotatable bonds is 3. The van der Waals surface area contributed by atoms with E-state index in [1.807, 2.05) is 0 Å². The molecule has 5 nitrogen and oxygen atoms in total. The maximum Gasteiger partial charge on any atom is 0.309 e. The van der Waals surface area contributed by atoms with Gasteiger partial charge in [0.25, 0.3) is 0 Å². The molecule has 0 aliphatic carbocycles. The number of carbonyl (C=O) groups is 1. The average Bonchev–Trinajstić information content (AvgIpc) is 2.33. The number of hydrogen-bond acceptors (Lipinski definition) is 4. The summed E-state index contributed by atoms with van der Waals surface area (Å²) in [5, 5.41) is 10.1. The zero-order chi connectivity index (χ0) is 9.14. The minimum atomic E-state index is -0.393. The Morgan fingerprint density at radius 1 is 1.83 bits per heavy atom. The van der Waals surface area contributed by atoms with E-state index in [2.05, 4.69) is 0 Å². The van der Waals surface area contributed by atoms with Gasteiger partial charge in [0.1, 0.15) is 0 Å². The van der Waals surface area contributed by atoms with Crippen molar-refractivity contribution in [2.24, 2.45) is 11.8 Å². The van der Waals surface area contributed by atoms with Crippen LogP contribution in [0, 0.1) is 22.0 Å². The van der Waals surface area contributed by atoms with E-state index in [-0.39, 0.29) is 24.3 Å². The van der Waals surface area contributed by atoms with Gasteiger partial charge < -0.3 is 4.74 Å². The second-order valence-electron chi connectivity index (χ2n) is 3.06. The summed E-state index contributed by atoms with van der Waals surface area (Å²) >= 11 is 0. The molecule has 0 aromatic rings. The first-order chi connectivity index (χ1) is 5.61. The highest BCUT2D eigenvalue weighted by Gasteiger charge is 2.33. The molecule has 68 valence electrons. The van der Waals surface area contributed by atoms with E-state index in [1.54, 1.807) is 6.92 Å². The molecule has 1 aliphatic heterocycles. The lowest BCUT2D eigenvalue weighted by Gasteiger charge is -2.09. The quantitative estimate of drug-likeness (QED) is 0.353. The standard InChI is InChI=1S/C7H11NO4/c1-5(4-8(10)11)6-2-3-12-7(6)9/h5-6H,2-4H2,1H3/t5-,6-/m1/s1. The van der Waals surface area contributed by atoms with E-state index in [1.165, 1.54) is 0 Å². The molecule has 0 N–H and O–H groups in total. The lowest BCUT2D eigenvalue weighted by atomic mass is 9.93. The fourth-order valence-electron chi connectivity index (χ4n) is 1.39. The second-order valence-corrected chi connectivity index (χ2v) is 3.06. The number of cyclic esters (lactones) is 1. The summed E-state index contributed by atoms with van der Waals surface area (Å²) in [6, 6.07) is 0. The normalized spacial score (nSPS) is 25.1. The first kappa shape index (κ1) is 8.96. The third kappa shape index (κ3) is 1.93. The van der Waals surface area contributed by atoms with Gasteiger partial charge in [-0.25, -0.2) is 0 Å². The van der Waals surface area contributed by atoms with Crippen LogP contribution >= 0.6 is 0 Å². The van der Waals surface area contributed by atoms with Crippen molar-refractivity contribution >= 4 is 5.97 Å². The van der Waals surface area contributed by atoms with Crippen LogP contribution in [0.3, 0.4) is 0 Å². The van der Waals surface area contributed by atoms with Crippen LogP contribution in [0.15, 0.2) is 0 Å². The third-order valence-corrected chi connectivity index (χ3v) is 2.10. The Hall–Kier alpha value is -1.13. The van der Waals surface area contributed by atoms with Gasteiger partial charge in [-0.3, -0.25) is 14.9 Å². The lowest BCUT2D eigenvalue weighted by molar-refractivity contribution is -0.488. The Morgan fingerprint density at radius 2 is 2.50 bits per heavy atom. The summed E-state index contributed by atoms with van der Waals surface area (Å²) in [6.45, 7) is 1.96. The monoisotopic (exact) mass is 173 g/mol. The summed E-state index contributed by atoms with van der Waals surface area (Å²) in [6.07, 6.45) is 0.619. The maximum absolute atomic E-state index is 11.0. The number of ether oxygens (including phenoxy) is 1. The van der Waals surface area contributed by atoms with Gasteiger partial charge in [0.15, 0.2) is 0 Å². The maximum atomic E-state index is 11.0. The van der Waals surface area contributed by atoms with E-state index < -0.39 is 4.92 Å². The first-order valence-electron chi connectivity index (χ1n) is 3.89. The number of hydrogen-bond donors (Lipinski definition) is 0. The van der Waals surface area contributed by atoms with E-state index in [0.29, 0.717) is 13.0 Å². The molecular weight excluding hydrogens is 162 g/mol. The van der Waals surface area contributed by atoms with E-state index in [4.69, 9.17) is 4.74 Å². The molecule has 0 saturated carbocycles. The van der Waals surface area contributed by atoms with Crippen molar-refractivity contribution < 1.29 is 14.5 Å². The van der Waals surface area contributed by atoms with Crippen molar-refractivity contribution in [3.05, 3.63) is 10.1 Å². The molecule has 0 aromatic heterocycles. The lowest BCUT2D eigenvalue weighted by Crippen LogP contribution is -2.23. The fraction of sp³-hybridized carbons (Fsp3) is 0.857. The van der Waals surface area contributed by atoms with Gasteiger partial charge in [-0.05, 0) is 6.42 Å². The van der Waals surface area contributed by atoms with Crippen LogP contribution in [-0.4, -0.2) is 24.0 Å². The average molecular weight is 173 g/mol. The number of esters is 1. The Balaban J connectivity index is 2.45. The van der Waals surface area contributed by atoms with Crippen LogP contribution in [0.1, 0.15) is 13.3 Å². The largest absolute Gasteiger partial charge is 0.465 e. The first-order valence-corrected chi connectivity index (χ1v) is 3.89. The van der Waals surface area contributed by atoms with Crippen LogP contribution < -0.4 is 0 Å². The molecule has 1 fully saturated rings. The molecule has 1 rings (SSSR count). The summed E-state index contributed by atoms with van der Waals surface area (Å²) in [4.78, 5) is 20.7. The van der Waals surface area contributed by atoms with E-state index in [0.717, 1.165) is 0 Å². The minimum Gasteiger partial charge on any atom is -0.465 e. The molecule has 1 saturated heterocycles. The Bertz CT molecular complexity index is 204. The van der Waals surface area contributed by atoms with Gasteiger partial charge in [0, 0.05) is 10.8 Å². The summed E-state index contributed by atoms with van der Waals surface area (Å²) in [7, 11) is 0. The summed E-state index contributed by atoms with van der Waals surface area (Å²) in [5.74, 6) is -0.769. The predicted octanol–water partition coefficient (Wildman–Crippen LogP) is 0.462. The van der Waals surface area contributed by atoms with Crippen molar-refractivity contribution in [2.75, 3.05) is 13.2 Å². The zero-order valence-electron chi connectivity index (χ0n) is 6.86. The molecule has 0 aromatic carbocycles. The molecule has 0 unspecified atom stereocenters. The van der Waals surface area contributed by atoms with Gasteiger partial charge >= 0.3 is 5.97 Å². The van der Waals surface area contributed by atoms with Gasteiger partial charge in [-0.1, -0.05) is 6.92 Å². The highest BCUT2D eigenvalue weighted by atomic mass is 16.6. The van der Waals surface area contributed by atoms with Crippen molar-refractivity contribution in [1.82, 2.24) is 0 Å². The Labute approximate surface area is 69.9 Å². The SMILES string of the molecule is C[C@H](C[N+](=O)[O-])[C@H]1CCOC1=O. The molecule has 1 heterocycles. The smallest absolute Gasteiger partial charge is 0.309 e. The number of nitrogens with zero attached hydrogens (tertiary/aromatic N) is 1. The highest BCUT2D eigenvalue weighted by molar-refractivity contribution is 5.74. The number of carbonyl (C=O) groups excluding carboxylic acids is 1. The van der Waals surface area contributed by atoms with Crippen molar-refractivity contribution in [1.29, 1.82) is 0 Å². The van der Waals surface area contributed by atoms with Gasteiger partial charge in [0.05, 0.1) is 12.5 Å². The molecule has 0 radical (unpaired) electrons. The van der Waals surface area contributed by atoms with E-state index >= 15 is 0 Å². The van der Waals surface area contributed by atoms with Gasteiger partial charge in [-0.15, -0.1) is 0 Å². The molecule has 1 aliphatic rings. The Kier molecular flexibility index (Phi) is 2.62. The number of nitro groups is 1. The summed E-state index contributed by atoms with van der Waals surface area (Å²) in [5.41, 5.74) is 0. The molecule has 12 heavy (non-hydrogen) atoms. The molecule has 0 spiro atoms. The van der Waals surface area contributed by atoms with Crippen LogP contribution in [0.4, 0.5) is 0 Å². The third-order valence-electron chi connectivity index (χ3n) is 2.10. The van der Waals surface area contributed by atoms with Gasteiger partial charge in [-0.2, -0.15) is 0 Å². The topological polar surface area (TPSA) is 69.4 Å². The van der Waals surface area contributed by atoms with Crippen LogP contribution in [-0.2, 0) is 9.53 Å². The predicted molar refractivity (Wildman–Crippen MR) is 40.1 cm³/mol. The molecular formula is C7H11NO4. The molecule has 0 amide bonds.